The number of H-pyrrole nitrogens is 1. The van der Waals surface area contributed by atoms with Crippen LogP contribution < -0.4 is 10.9 Å². The van der Waals surface area contributed by atoms with Crippen LogP contribution >= 0.6 is 12.4 Å². The van der Waals surface area contributed by atoms with Crippen LogP contribution in [0.5, 0.6) is 0 Å². The van der Waals surface area contributed by atoms with Gasteiger partial charge in [0.1, 0.15) is 5.82 Å². The van der Waals surface area contributed by atoms with Crippen molar-refractivity contribution in [2.75, 3.05) is 26.2 Å². The van der Waals surface area contributed by atoms with Gasteiger partial charge >= 0.3 is 0 Å². The topological polar surface area (TPSA) is 65.2 Å². The first kappa shape index (κ1) is 16.0. The molecule has 23 heavy (non-hydrogen) atoms. The maximum Gasteiger partial charge on any atom is 0.254 e. The van der Waals surface area contributed by atoms with Crippen molar-refractivity contribution in [3.05, 3.63) is 46.0 Å². The van der Waals surface area contributed by atoms with Crippen molar-refractivity contribution in [2.24, 2.45) is 11.8 Å². The first-order valence-electron chi connectivity index (χ1n) is 7.44. The fourth-order valence-electron chi connectivity index (χ4n) is 3.60. The van der Waals surface area contributed by atoms with Crippen LogP contribution in [0.4, 0.5) is 4.39 Å². The standard InChI is InChI=1S/C16H16FN3O2.ClH/c17-11-1-2-12-13(4-15(21)19-14(12)3-11)16(22)20-7-9-5-18-6-10(9)8-20;/h1-4,9-10,18H,5-8H2,(H,19,21);1H/t9-,10+;. The van der Waals surface area contributed by atoms with Crippen molar-refractivity contribution >= 4 is 29.2 Å². The average Bonchev–Trinajstić information content (AvgIpc) is 3.06. The number of amides is 1. The molecule has 0 unspecified atom stereocenters. The average molecular weight is 338 g/mol. The molecule has 0 bridgehead atoms. The number of halogens is 2. The number of benzene rings is 1. The molecule has 2 N–H and O–H groups in total. The quantitative estimate of drug-likeness (QED) is 0.826. The molecule has 0 saturated carbocycles. The number of aromatic nitrogens is 1. The zero-order chi connectivity index (χ0) is 15.3. The van der Waals surface area contributed by atoms with Crippen molar-refractivity contribution in [1.82, 2.24) is 15.2 Å². The Hall–Kier alpha value is -1.92. The smallest absolute Gasteiger partial charge is 0.254 e. The molecule has 1 amide bonds. The van der Waals surface area contributed by atoms with Crippen LogP contribution in [0.15, 0.2) is 29.1 Å². The molecule has 0 spiro atoms. The Morgan fingerprint density at radius 1 is 1.17 bits per heavy atom. The summed E-state index contributed by atoms with van der Waals surface area (Å²) in [6, 6.07) is 5.41. The van der Waals surface area contributed by atoms with Gasteiger partial charge in [0.15, 0.2) is 0 Å². The molecule has 1 aromatic carbocycles. The van der Waals surface area contributed by atoms with Gasteiger partial charge in [0.2, 0.25) is 5.56 Å². The lowest BCUT2D eigenvalue weighted by atomic mass is 10.0. The number of rotatable bonds is 1. The third kappa shape index (κ3) is 2.72. The number of pyridine rings is 1. The van der Waals surface area contributed by atoms with Gasteiger partial charge in [-0.05, 0) is 30.0 Å². The van der Waals surface area contributed by atoms with E-state index in [9.17, 15) is 14.0 Å². The molecule has 2 aliphatic heterocycles. The minimum Gasteiger partial charge on any atom is -0.338 e. The Balaban J connectivity index is 0.00000156. The molecule has 3 heterocycles. The van der Waals surface area contributed by atoms with Crippen LogP contribution in [0.2, 0.25) is 0 Å². The summed E-state index contributed by atoms with van der Waals surface area (Å²) in [5.74, 6) is 0.413. The molecule has 2 saturated heterocycles. The summed E-state index contributed by atoms with van der Waals surface area (Å²) in [6.45, 7) is 3.31. The molecule has 4 rings (SSSR count). The minimum atomic E-state index is -0.436. The van der Waals surface area contributed by atoms with Crippen molar-refractivity contribution in [1.29, 1.82) is 0 Å². The first-order chi connectivity index (χ1) is 10.6. The highest BCUT2D eigenvalue weighted by atomic mass is 35.5. The van der Waals surface area contributed by atoms with E-state index in [1.165, 1.54) is 18.2 Å². The molecule has 7 heteroatoms. The lowest BCUT2D eigenvalue weighted by Crippen LogP contribution is -2.32. The van der Waals surface area contributed by atoms with E-state index < -0.39 is 5.82 Å². The molecule has 2 atom stereocenters. The number of nitrogens with one attached hydrogen (secondary N) is 2. The third-order valence-electron chi connectivity index (χ3n) is 4.71. The molecule has 2 aliphatic rings. The van der Waals surface area contributed by atoms with Crippen molar-refractivity contribution < 1.29 is 9.18 Å². The molecule has 2 aromatic rings. The summed E-state index contributed by atoms with van der Waals surface area (Å²) in [4.78, 5) is 29.0. The zero-order valence-electron chi connectivity index (χ0n) is 12.3. The Bertz CT molecular complexity index is 811. The SMILES string of the molecule is Cl.O=C(c1cc(=O)[nH]c2cc(F)ccc12)N1C[C@H]2CNC[C@H]2C1. The molecule has 5 nitrogen and oxygen atoms in total. The van der Waals surface area contributed by atoms with E-state index in [2.05, 4.69) is 10.3 Å². The number of aromatic amines is 1. The number of carbonyl (C=O) groups excluding carboxylic acids is 1. The van der Waals surface area contributed by atoms with E-state index in [1.807, 2.05) is 4.90 Å². The van der Waals surface area contributed by atoms with Gasteiger partial charge in [-0.25, -0.2) is 4.39 Å². The number of hydrogen-bond donors (Lipinski definition) is 2. The summed E-state index contributed by atoms with van der Waals surface area (Å²) in [5, 5.41) is 3.92. The maximum atomic E-state index is 13.3. The molecular formula is C16H17ClFN3O2. The van der Waals surface area contributed by atoms with E-state index >= 15 is 0 Å². The lowest BCUT2D eigenvalue weighted by molar-refractivity contribution is 0.0783. The fourth-order valence-corrected chi connectivity index (χ4v) is 3.60. The highest BCUT2D eigenvalue weighted by molar-refractivity contribution is 6.06. The van der Waals surface area contributed by atoms with E-state index in [4.69, 9.17) is 0 Å². The second-order valence-electron chi connectivity index (χ2n) is 6.13. The van der Waals surface area contributed by atoms with E-state index in [0.717, 1.165) is 13.1 Å². The van der Waals surface area contributed by atoms with Crippen LogP contribution in [0, 0.1) is 17.7 Å². The Morgan fingerprint density at radius 3 is 2.57 bits per heavy atom. The monoisotopic (exact) mass is 337 g/mol. The van der Waals surface area contributed by atoms with Crippen molar-refractivity contribution in [2.45, 2.75) is 0 Å². The summed E-state index contributed by atoms with van der Waals surface area (Å²) in [6.07, 6.45) is 0. The van der Waals surface area contributed by atoms with Gasteiger partial charge in [0, 0.05) is 37.6 Å². The highest BCUT2D eigenvalue weighted by Gasteiger charge is 2.38. The summed E-state index contributed by atoms with van der Waals surface area (Å²) >= 11 is 0. The summed E-state index contributed by atoms with van der Waals surface area (Å²) < 4.78 is 13.3. The highest BCUT2D eigenvalue weighted by Crippen LogP contribution is 2.28. The summed E-state index contributed by atoms with van der Waals surface area (Å²) in [5.41, 5.74) is 0.325. The molecule has 0 aliphatic carbocycles. The predicted molar refractivity (Wildman–Crippen MR) is 87.5 cm³/mol. The Kier molecular flexibility index (Phi) is 4.12. The van der Waals surface area contributed by atoms with Crippen LogP contribution in [-0.4, -0.2) is 42.0 Å². The predicted octanol–water partition coefficient (Wildman–Crippen LogP) is 1.38. The number of likely N-dealkylation sites (tertiary alicyclic amines) is 1. The Labute approximate surface area is 138 Å². The van der Waals surface area contributed by atoms with E-state index in [0.29, 0.717) is 41.4 Å². The molecule has 0 radical (unpaired) electrons. The minimum absolute atomic E-state index is 0. The first-order valence-corrected chi connectivity index (χ1v) is 7.44. The van der Waals surface area contributed by atoms with Crippen molar-refractivity contribution in [3.63, 3.8) is 0 Å². The molecule has 2 fully saturated rings. The Morgan fingerprint density at radius 2 is 1.87 bits per heavy atom. The van der Waals surface area contributed by atoms with Crippen LogP contribution in [-0.2, 0) is 0 Å². The largest absolute Gasteiger partial charge is 0.338 e. The molecular weight excluding hydrogens is 321 g/mol. The van der Waals surface area contributed by atoms with Crippen LogP contribution in [0.1, 0.15) is 10.4 Å². The van der Waals surface area contributed by atoms with Gasteiger partial charge in [-0.1, -0.05) is 0 Å². The number of hydrogen-bond acceptors (Lipinski definition) is 3. The molecule has 122 valence electrons. The van der Waals surface area contributed by atoms with Crippen molar-refractivity contribution in [3.8, 4) is 0 Å². The van der Waals surface area contributed by atoms with Gasteiger partial charge in [-0.2, -0.15) is 0 Å². The van der Waals surface area contributed by atoms with Gasteiger partial charge in [-0.3, -0.25) is 9.59 Å². The number of carbonyl (C=O) groups is 1. The fraction of sp³-hybridized carbons (Fsp3) is 0.375. The van der Waals surface area contributed by atoms with Gasteiger partial charge < -0.3 is 15.2 Å². The normalized spacial score (nSPS) is 22.9. The molecule has 1 aromatic heterocycles. The van der Waals surface area contributed by atoms with Gasteiger partial charge in [-0.15, -0.1) is 12.4 Å². The zero-order valence-corrected chi connectivity index (χ0v) is 13.2. The maximum absolute atomic E-state index is 13.3. The number of nitrogens with zero attached hydrogens (tertiary/aromatic N) is 1. The van der Waals surface area contributed by atoms with Gasteiger partial charge in [0.05, 0.1) is 11.1 Å². The lowest BCUT2D eigenvalue weighted by Gasteiger charge is -2.18. The second kappa shape index (κ2) is 5.94. The second-order valence-corrected chi connectivity index (χ2v) is 6.13. The van der Waals surface area contributed by atoms with Gasteiger partial charge in [0.25, 0.3) is 5.91 Å². The van der Waals surface area contributed by atoms with Crippen LogP contribution in [0.3, 0.4) is 0 Å². The third-order valence-corrected chi connectivity index (χ3v) is 4.71. The summed E-state index contributed by atoms with van der Waals surface area (Å²) in [7, 11) is 0. The van der Waals surface area contributed by atoms with Crippen LogP contribution in [0.25, 0.3) is 10.9 Å². The number of fused-ring (bicyclic) bond motifs is 2. The van der Waals surface area contributed by atoms with E-state index in [1.54, 1.807) is 6.07 Å². The van der Waals surface area contributed by atoms with E-state index in [-0.39, 0.29) is 23.9 Å².